The molecule has 0 saturated carbocycles. The van der Waals surface area contributed by atoms with Crippen molar-refractivity contribution >= 4 is 17.5 Å². The molecule has 182 valence electrons. The Hall–Kier alpha value is -4.00. The summed E-state index contributed by atoms with van der Waals surface area (Å²) in [5.74, 6) is 2.10. The Morgan fingerprint density at radius 2 is 1.69 bits per heavy atom. The predicted molar refractivity (Wildman–Crippen MR) is 135 cm³/mol. The third-order valence-corrected chi connectivity index (χ3v) is 5.72. The number of benzene rings is 3. The molecule has 0 bridgehead atoms. The van der Waals surface area contributed by atoms with E-state index in [1.165, 1.54) is 0 Å². The summed E-state index contributed by atoms with van der Waals surface area (Å²) in [5.41, 5.74) is 2.58. The van der Waals surface area contributed by atoms with Gasteiger partial charge in [0.25, 0.3) is 11.8 Å². The predicted octanol–water partition coefficient (Wildman–Crippen LogP) is 5.23. The quantitative estimate of drug-likeness (QED) is 0.460. The van der Waals surface area contributed by atoms with Gasteiger partial charge in [0.05, 0.1) is 24.5 Å². The standard InChI is InChI=1S/C28H30N2O5/c1-4-30-22-18-20(12-14-24(22)35-23-10-8-7-9-21(23)28(30)32)27(31)29-16-15-19-11-13-25(33-5-2)26(17-19)34-6-3/h7-14,17-18H,4-6,15-16H2,1-3H3,(H,29,31). The smallest absolute Gasteiger partial charge is 0.262 e. The third-order valence-electron chi connectivity index (χ3n) is 5.72. The highest BCUT2D eigenvalue weighted by atomic mass is 16.5. The molecule has 7 nitrogen and oxygen atoms in total. The molecule has 1 heterocycles. The molecule has 0 saturated heterocycles. The van der Waals surface area contributed by atoms with Gasteiger partial charge in [-0.05, 0) is 75.2 Å². The number of fused-ring (bicyclic) bond motifs is 2. The van der Waals surface area contributed by atoms with Crippen molar-refractivity contribution in [2.45, 2.75) is 27.2 Å². The summed E-state index contributed by atoms with van der Waals surface area (Å²) >= 11 is 0. The van der Waals surface area contributed by atoms with Crippen LogP contribution in [0.25, 0.3) is 0 Å². The topological polar surface area (TPSA) is 77.1 Å². The average molecular weight is 475 g/mol. The summed E-state index contributed by atoms with van der Waals surface area (Å²) in [6.07, 6.45) is 0.640. The number of nitrogens with zero attached hydrogens (tertiary/aromatic N) is 1. The molecule has 1 N–H and O–H groups in total. The van der Waals surface area contributed by atoms with Crippen molar-refractivity contribution in [1.29, 1.82) is 0 Å². The summed E-state index contributed by atoms with van der Waals surface area (Å²) in [6.45, 7) is 7.78. The first kappa shape index (κ1) is 24.1. The largest absolute Gasteiger partial charge is 0.490 e. The number of para-hydroxylation sites is 1. The summed E-state index contributed by atoms with van der Waals surface area (Å²) in [4.78, 5) is 27.6. The van der Waals surface area contributed by atoms with Crippen molar-refractivity contribution in [3.63, 3.8) is 0 Å². The Morgan fingerprint density at radius 3 is 2.46 bits per heavy atom. The minimum atomic E-state index is -0.214. The maximum atomic E-state index is 13.1. The van der Waals surface area contributed by atoms with E-state index in [4.69, 9.17) is 14.2 Å². The Morgan fingerprint density at radius 1 is 0.914 bits per heavy atom. The van der Waals surface area contributed by atoms with E-state index in [1.54, 1.807) is 35.2 Å². The van der Waals surface area contributed by atoms with E-state index >= 15 is 0 Å². The fraction of sp³-hybridized carbons (Fsp3) is 0.286. The lowest BCUT2D eigenvalue weighted by Gasteiger charge is -2.20. The zero-order valence-electron chi connectivity index (χ0n) is 20.3. The third kappa shape index (κ3) is 5.24. The number of rotatable bonds is 9. The number of carbonyl (C=O) groups is 2. The van der Waals surface area contributed by atoms with E-state index in [0.29, 0.717) is 72.5 Å². The Bertz CT molecular complexity index is 1220. The van der Waals surface area contributed by atoms with Crippen molar-refractivity contribution in [3.05, 3.63) is 77.4 Å². The first-order valence-corrected chi connectivity index (χ1v) is 11.9. The minimum Gasteiger partial charge on any atom is -0.490 e. The Kier molecular flexibility index (Phi) is 7.55. The SMILES string of the molecule is CCOc1ccc(CCNC(=O)c2ccc3c(c2)N(CC)C(=O)c2ccccc2O3)cc1OCC. The van der Waals surface area contributed by atoms with Crippen molar-refractivity contribution in [3.8, 4) is 23.0 Å². The first-order valence-electron chi connectivity index (χ1n) is 11.9. The van der Waals surface area contributed by atoms with E-state index < -0.39 is 0 Å². The second kappa shape index (κ2) is 11.0. The second-order valence-corrected chi connectivity index (χ2v) is 7.98. The number of anilines is 1. The van der Waals surface area contributed by atoms with Crippen LogP contribution in [0.5, 0.6) is 23.0 Å². The van der Waals surface area contributed by atoms with Crippen molar-refractivity contribution in [2.75, 3.05) is 31.2 Å². The Labute approximate surface area is 205 Å². The Balaban J connectivity index is 1.46. The normalized spacial score (nSPS) is 12.2. The fourth-order valence-electron chi connectivity index (χ4n) is 4.05. The second-order valence-electron chi connectivity index (χ2n) is 7.98. The molecule has 1 aliphatic heterocycles. The number of nitrogens with one attached hydrogen (secondary N) is 1. The van der Waals surface area contributed by atoms with Crippen LogP contribution in [0.1, 0.15) is 47.1 Å². The summed E-state index contributed by atoms with van der Waals surface area (Å²) < 4.78 is 17.3. The van der Waals surface area contributed by atoms with E-state index in [0.717, 1.165) is 5.56 Å². The van der Waals surface area contributed by atoms with E-state index in [2.05, 4.69) is 5.32 Å². The van der Waals surface area contributed by atoms with Gasteiger partial charge in [0, 0.05) is 18.7 Å². The molecule has 0 radical (unpaired) electrons. The number of hydrogen-bond donors (Lipinski definition) is 1. The fourth-order valence-corrected chi connectivity index (χ4v) is 4.05. The lowest BCUT2D eigenvalue weighted by molar-refractivity contribution is 0.0951. The number of carbonyl (C=O) groups excluding carboxylic acids is 2. The van der Waals surface area contributed by atoms with Gasteiger partial charge in [0.1, 0.15) is 5.75 Å². The summed E-state index contributed by atoms with van der Waals surface area (Å²) in [5, 5.41) is 2.97. The molecule has 0 fully saturated rings. The van der Waals surface area contributed by atoms with Gasteiger partial charge in [-0.2, -0.15) is 0 Å². The molecular formula is C28H30N2O5. The van der Waals surface area contributed by atoms with Crippen LogP contribution in [0.3, 0.4) is 0 Å². The molecule has 0 atom stereocenters. The van der Waals surface area contributed by atoms with Crippen LogP contribution >= 0.6 is 0 Å². The summed E-state index contributed by atoms with van der Waals surface area (Å²) in [7, 11) is 0. The highest BCUT2D eigenvalue weighted by Gasteiger charge is 2.27. The van der Waals surface area contributed by atoms with Crippen LogP contribution in [0.2, 0.25) is 0 Å². The molecule has 1 aliphatic rings. The number of hydrogen-bond acceptors (Lipinski definition) is 5. The van der Waals surface area contributed by atoms with Crippen LogP contribution in [-0.4, -0.2) is 38.1 Å². The van der Waals surface area contributed by atoms with Crippen LogP contribution in [0.4, 0.5) is 5.69 Å². The zero-order valence-corrected chi connectivity index (χ0v) is 20.3. The molecule has 7 heteroatoms. The molecular weight excluding hydrogens is 444 g/mol. The van der Waals surface area contributed by atoms with Gasteiger partial charge in [-0.3, -0.25) is 9.59 Å². The van der Waals surface area contributed by atoms with E-state index in [-0.39, 0.29) is 11.8 Å². The monoisotopic (exact) mass is 474 g/mol. The summed E-state index contributed by atoms with van der Waals surface area (Å²) in [6, 6.07) is 18.1. The molecule has 35 heavy (non-hydrogen) atoms. The molecule has 0 unspecified atom stereocenters. The molecule has 0 aliphatic carbocycles. The van der Waals surface area contributed by atoms with Crippen LogP contribution < -0.4 is 24.4 Å². The maximum Gasteiger partial charge on any atom is 0.262 e. The van der Waals surface area contributed by atoms with Crippen molar-refractivity contribution < 1.29 is 23.8 Å². The number of ether oxygens (including phenoxy) is 3. The van der Waals surface area contributed by atoms with Gasteiger partial charge in [-0.15, -0.1) is 0 Å². The van der Waals surface area contributed by atoms with Gasteiger partial charge in [0.2, 0.25) is 0 Å². The number of amides is 2. The molecule has 3 aromatic carbocycles. The zero-order chi connectivity index (χ0) is 24.8. The van der Waals surface area contributed by atoms with Crippen LogP contribution in [0.15, 0.2) is 60.7 Å². The first-order chi connectivity index (χ1) is 17.0. The van der Waals surface area contributed by atoms with E-state index in [1.807, 2.05) is 51.1 Å². The van der Waals surface area contributed by atoms with Crippen molar-refractivity contribution in [2.24, 2.45) is 0 Å². The molecule has 3 aromatic rings. The van der Waals surface area contributed by atoms with Gasteiger partial charge < -0.3 is 24.4 Å². The van der Waals surface area contributed by atoms with Gasteiger partial charge in [-0.1, -0.05) is 18.2 Å². The lowest BCUT2D eigenvalue weighted by atomic mass is 10.1. The highest BCUT2D eigenvalue weighted by Crippen LogP contribution is 2.39. The molecule has 4 rings (SSSR count). The molecule has 0 spiro atoms. The van der Waals surface area contributed by atoms with Crippen molar-refractivity contribution in [1.82, 2.24) is 5.32 Å². The molecule has 2 amide bonds. The van der Waals surface area contributed by atoms with Gasteiger partial charge >= 0.3 is 0 Å². The van der Waals surface area contributed by atoms with Gasteiger partial charge in [-0.25, -0.2) is 0 Å². The van der Waals surface area contributed by atoms with Crippen LogP contribution in [0, 0.1) is 0 Å². The van der Waals surface area contributed by atoms with Crippen LogP contribution in [-0.2, 0) is 6.42 Å². The minimum absolute atomic E-state index is 0.153. The lowest BCUT2D eigenvalue weighted by Crippen LogP contribution is -2.30. The maximum absolute atomic E-state index is 13.1. The molecule has 0 aromatic heterocycles. The highest BCUT2D eigenvalue weighted by molar-refractivity contribution is 6.10. The average Bonchev–Trinajstić information content (AvgIpc) is 2.98. The van der Waals surface area contributed by atoms with E-state index in [9.17, 15) is 9.59 Å². The van der Waals surface area contributed by atoms with Gasteiger partial charge in [0.15, 0.2) is 17.2 Å².